The van der Waals surface area contributed by atoms with Crippen LogP contribution in [0.25, 0.3) is 0 Å². The highest BCUT2D eigenvalue weighted by molar-refractivity contribution is 5.95. The smallest absolute Gasteiger partial charge is 0.254 e. The van der Waals surface area contributed by atoms with Crippen molar-refractivity contribution in [1.82, 2.24) is 4.90 Å². The Kier molecular flexibility index (Phi) is 4.70. The molecule has 2 rings (SSSR count). The molecule has 1 saturated heterocycles. The zero-order valence-corrected chi connectivity index (χ0v) is 11.3. The van der Waals surface area contributed by atoms with Crippen LogP contribution in [0.15, 0.2) is 24.3 Å². The fourth-order valence-electron chi connectivity index (χ4n) is 2.14. The van der Waals surface area contributed by atoms with Gasteiger partial charge in [0, 0.05) is 24.7 Å². The topological polar surface area (TPSA) is 78.9 Å². The summed E-state index contributed by atoms with van der Waals surface area (Å²) >= 11 is 0. The molecule has 6 nitrogen and oxygen atoms in total. The molecule has 1 atom stereocenters. The number of nitrogens with zero attached hydrogens (tertiary/aromatic N) is 1. The molecule has 0 radical (unpaired) electrons. The molecule has 1 aliphatic heterocycles. The van der Waals surface area contributed by atoms with Crippen molar-refractivity contribution in [2.24, 2.45) is 0 Å². The maximum atomic E-state index is 12.4. The number of benzene rings is 1. The van der Waals surface area contributed by atoms with Crippen molar-refractivity contribution in [3.63, 3.8) is 0 Å². The Morgan fingerprint density at radius 3 is 2.70 bits per heavy atom. The van der Waals surface area contributed by atoms with Gasteiger partial charge in [-0.3, -0.25) is 9.59 Å². The number of ether oxygens (including phenoxy) is 1. The van der Waals surface area contributed by atoms with Gasteiger partial charge in [0.2, 0.25) is 5.91 Å². The summed E-state index contributed by atoms with van der Waals surface area (Å²) < 4.78 is 5.25. The average Bonchev–Trinajstić information content (AvgIpc) is 2.46. The predicted molar refractivity (Wildman–Crippen MR) is 73.5 cm³/mol. The minimum Gasteiger partial charge on any atom is -0.394 e. The molecule has 6 heteroatoms. The lowest BCUT2D eigenvalue weighted by atomic mass is 10.1. The van der Waals surface area contributed by atoms with Crippen LogP contribution in [0, 0.1) is 0 Å². The molecular formula is C14H18N2O4. The number of hydrogen-bond acceptors (Lipinski definition) is 4. The lowest BCUT2D eigenvalue weighted by molar-refractivity contribution is -0.114. The molecule has 20 heavy (non-hydrogen) atoms. The molecule has 0 saturated carbocycles. The van der Waals surface area contributed by atoms with Crippen molar-refractivity contribution >= 4 is 17.5 Å². The minimum absolute atomic E-state index is 0.115. The van der Waals surface area contributed by atoms with E-state index in [0.29, 0.717) is 31.0 Å². The molecule has 1 fully saturated rings. The van der Waals surface area contributed by atoms with Crippen molar-refractivity contribution in [2.75, 3.05) is 31.7 Å². The average molecular weight is 278 g/mol. The molecule has 1 unspecified atom stereocenters. The molecule has 0 aromatic heterocycles. The third-order valence-corrected chi connectivity index (χ3v) is 3.15. The molecule has 1 aromatic carbocycles. The number of carbonyl (C=O) groups is 2. The van der Waals surface area contributed by atoms with Gasteiger partial charge < -0.3 is 20.1 Å². The molecular weight excluding hydrogens is 260 g/mol. The van der Waals surface area contributed by atoms with Gasteiger partial charge >= 0.3 is 0 Å². The number of hydrogen-bond donors (Lipinski definition) is 2. The lowest BCUT2D eigenvalue weighted by Gasteiger charge is -2.34. The Morgan fingerprint density at radius 1 is 1.40 bits per heavy atom. The number of carbonyl (C=O) groups excluding carboxylic acids is 2. The first kappa shape index (κ1) is 14.5. The fraction of sp³-hybridized carbons (Fsp3) is 0.429. The number of rotatable bonds is 3. The first-order valence-electron chi connectivity index (χ1n) is 6.49. The number of anilines is 1. The van der Waals surface area contributed by atoms with E-state index in [0.717, 1.165) is 0 Å². The maximum Gasteiger partial charge on any atom is 0.254 e. The van der Waals surface area contributed by atoms with E-state index in [1.807, 2.05) is 0 Å². The first-order chi connectivity index (χ1) is 9.61. The number of aliphatic hydroxyl groups excluding tert-OH is 1. The second-order valence-electron chi connectivity index (χ2n) is 4.67. The standard InChI is InChI=1S/C14H18N2O4/c1-10(18)15-12-4-2-11(3-5-12)14(19)16-6-7-20-9-13(16)8-17/h2-5,13,17H,6-9H2,1H3,(H,15,18). The van der Waals surface area contributed by atoms with E-state index < -0.39 is 0 Å². The van der Waals surface area contributed by atoms with Gasteiger partial charge in [-0.05, 0) is 24.3 Å². The molecule has 2 N–H and O–H groups in total. The van der Waals surface area contributed by atoms with Gasteiger partial charge in [0.05, 0.1) is 25.9 Å². The fourth-order valence-corrected chi connectivity index (χ4v) is 2.14. The predicted octanol–water partition coefficient (Wildman–Crippen LogP) is 0.478. The Morgan fingerprint density at radius 2 is 2.10 bits per heavy atom. The maximum absolute atomic E-state index is 12.4. The van der Waals surface area contributed by atoms with Crippen molar-refractivity contribution < 1.29 is 19.4 Å². The highest BCUT2D eigenvalue weighted by Gasteiger charge is 2.27. The van der Waals surface area contributed by atoms with Crippen LogP contribution in [-0.2, 0) is 9.53 Å². The highest BCUT2D eigenvalue weighted by atomic mass is 16.5. The Labute approximate surface area is 117 Å². The lowest BCUT2D eigenvalue weighted by Crippen LogP contribution is -2.50. The quantitative estimate of drug-likeness (QED) is 0.843. The zero-order chi connectivity index (χ0) is 14.5. The monoisotopic (exact) mass is 278 g/mol. The largest absolute Gasteiger partial charge is 0.394 e. The third-order valence-electron chi connectivity index (χ3n) is 3.15. The second kappa shape index (κ2) is 6.49. The van der Waals surface area contributed by atoms with E-state index in [-0.39, 0.29) is 24.5 Å². The van der Waals surface area contributed by atoms with Gasteiger partial charge in [-0.2, -0.15) is 0 Å². The molecule has 1 aromatic rings. The minimum atomic E-state index is -0.300. The van der Waals surface area contributed by atoms with E-state index >= 15 is 0 Å². The van der Waals surface area contributed by atoms with Crippen molar-refractivity contribution in [3.8, 4) is 0 Å². The Balaban J connectivity index is 2.09. The van der Waals surface area contributed by atoms with Crippen LogP contribution in [0.2, 0.25) is 0 Å². The SMILES string of the molecule is CC(=O)Nc1ccc(C(=O)N2CCOCC2CO)cc1. The summed E-state index contributed by atoms with van der Waals surface area (Å²) in [7, 11) is 0. The van der Waals surface area contributed by atoms with Gasteiger partial charge in [0.1, 0.15) is 0 Å². The first-order valence-corrected chi connectivity index (χ1v) is 6.49. The van der Waals surface area contributed by atoms with Crippen LogP contribution >= 0.6 is 0 Å². The number of amides is 2. The molecule has 108 valence electrons. The highest BCUT2D eigenvalue weighted by Crippen LogP contribution is 2.15. The summed E-state index contributed by atoms with van der Waals surface area (Å²) in [5, 5.41) is 11.9. The summed E-state index contributed by atoms with van der Waals surface area (Å²) in [5.41, 5.74) is 1.18. The van der Waals surface area contributed by atoms with E-state index in [4.69, 9.17) is 4.74 Å². The van der Waals surface area contributed by atoms with Gasteiger partial charge in [0.15, 0.2) is 0 Å². The van der Waals surface area contributed by atoms with Crippen LogP contribution < -0.4 is 5.32 Å². The van der Waals surface area contributed by atoms with Gasteiger partial charge in [0.25, 0.3) is 5.91 Å². The van der Waals surface area contributed by atoms with Gasteiger partial charge in [-0.15, -0.1) is 0 Å². The third kappa shape index (κ3) is 3.34. The second-order valence-corrected chi connectivity index (χ2v) is 4.67. The normalized spacial score (nSPS) is 18.7. The van der Waals surface area contributed by atoms with Crippen molar-refractivity contribution in [2.45, 2.75) is 13.0 Å². The summed E-state index contributed by atoms with van der Waals surface area (Å²) in [6.45, 7) is 2.62. The molecule has 1 aliphatic rings. The molecule has 1 heterocycles. The molecule has 0 bridgehead atoms. The van der Waals surface area contributed by atoms with Gasteiger partial charge in [-0.25, -0.2) is 0 Å². The Hall–Kier alpha value is -1.92. The Bertz CT molecular complexity index is 486. The number of morpholine rings is 1. The molecule has 0 aliphatic carbocycles. The number of aliphatic hydroxyl groups is 1. The summed E-state index contributed by atoms with van der Waals surface area (Å²) in [4.78, 5) is 24.9. The van der Waals surface area contributed by atoms with Crippen molar-refractivity contribution in [3.05, 3.63) is 29.8 Å². The van der Waals surface area contributed by atoms with Crippen LogP contribution in [0.5, 0.6) is 0 Å². The number of nitrogens with one attached hydrogen (secondary N) is 1. The van der Waals surface area contributed by atoms with E-state index in [1.54, 1.807) is 29.2 Å². The van der Waals surface area contributed by atoms with Crippen LogP contribution in [0.3, 0.4) is 0 Å². The van der Waals surface area contributed by atoms with Gasteiger partial charge in [-0.1, -0.05) is 0 Å². The zero-order valence-electron chi connectivity index (χ0n) is 11.3. The molecule has 0 spiro atoms. The van der Waals surface area contributed by atoms with Crippen LogP contribution in [-0.4, -0.2) is 54.2 Å². The van der Waals surface area contributed by atoms with Crippen molar-refractivity contribution in [1.29, 1.82) is 0 Å². The molecule has 2 amide bonds. The van der Waals surface area contributed by atoms with Crippen LogP contribution in [0.1, 0.15) is 17.3 Å². The summed E-state index contributed by atoms with van der Waals surface area (Å²) in [6.07, 6.45) is 0. The van der Waals surface area contributed by atoms with Crippen LogP contribution in [0.4, 0.5) is 5.69 Å². The summed E-state index contributed by atoms with van der Waals surface area (Å²) in [5.74, 6) is -0.292. The van der Waals surface area contributed by atoms with E-state index in [1.165, 1.54) is 6.92 Å². The summed E-state index contributed by atoms with van der Waals surface area (Å²) in [6, 6.07) is 6.40. The van der Waals surface area contributed by atoms with E-state index in [9.17, 15) is 14.7 Å². The van der Waals surface area contributed by atoms with E-state index in [2.05, 4.69) is 5.32 Å².